The number of rotatable bonds is 4. The summed E-state index contributed by atoms with van der Waals surface area (Å²) in [7, 11) is 1.72. The zero-order valence-electron chi connectivity index (χ0n) is 14.2. The summed E-state index contributed by atoms with van der Waals surface area (Å²) in [5.74, 6) is 3.95. The van der Waals surface area contributed by atoms with Crippen LogP contribution in [0.2, 0.25) is 0 Å². The van der Waals surface area contributed by atoms with Gasteiger partial charge in [-0.15, -0.1) is 0 Å². The Balaban J connectivity index is 1.48. The topological polar surface area (TPSA) is 9.23 Å². The molecule has 0 heterocycles. The molecular formula is C21H29FO. The number of benzene rings is 1. The maximum Gasteiger partial charge on any atom is 0.118 e. The predicted octanol–water partition coefficient (Wildman–Crippen LogP) is 6.26. The Morgan fingerprint density at radius 2 is 1.43 bits per heavy atom. The average molecular weight is 316 g/mol. The molecule has 0 aromatic heterocycles. The summed E-state index contributed by atoms with van der Waals surface area (Å²) in [4.78, 5) is 0. The van der Waals surface area contributed by atoms with Gasteiger partial charge in [0.05, 0.1) is 13.4 Å². The number of methoxy groups -OCH3 is 1. The van der Waals surface area contributed by atoms with Crippen LogP contribution in [0.15, 0.2) is 36.7 Å². The Morgan fingerprint density at radius 1 is 0.870 bits per heavy atom. The highest BCUT2D eigenvalue weighted by molar-refractivity contribution is 5.29. The van der Waals surface area contributed by atoms with E-state index in [1.807, 2.05) is 0 Å². The monoisotopic (exact) mass is 316 g/mol. The van der Waals surface area contributed by atoms with Crippen LogP contribution < -0.4 is 4.74 Å². The van der Waals surface area contributed by atoms with Gasteiger partial charge >= 0.3 is 0 Å². The lowest BCUT2D eigenvalue weighted by atomic mass is 9.68. The van der Waals surface area contributed by atoms with Crippen LogP contribution in [0.5, 0.6) is 5.75 Å². The van der Waals surface area contributed by atoms with Crippen molar-refractivity contribution in [3.05, 3.63) is 42.2 Å². The second kappa shape index (κ2) is 7.99. The van der Waals surface area contributed by atoms with Gasteiger partial charge in [0.2, 0.25) is 0 Å². The summed E-state index contributed by atoms with van der Waals surface area (Å²) in [6.07, 6.45) is 12.8. The summed E-state index contributed by atoms with van der Waals surface area (Å²) in [5.41, 5.74) is 1.47. The van der Waals surface area contributed by atoms with Crippen molar-refractivity contribution >= 4 is 0 Å². The molecule has 23 heavy (non-hydrogen) atoms. The number of allylic oxidation sites excluding steroid dienone is 1. The fourth-order valence-corrected chi connectivity index (χ4v) is 4.71. The van der Waals surface area contributed by atoms with Gasteiger partial charge in [-0.1, -0.05) is 18.2 Å². The minimum absolute atomic E-state index is 0.492. The van der Waals surface area contributed by atoms with E-state index in [0.717, 1.165) is 29.8 Å². The zero-order valence-corrected chi connectivity index (χ0v) is 14.2. The van der Waals surface area contributed by atoms with Crippen molar-refractivity contribution in [2.24, 2.45) is 17.8 Å². The van der Waals surface area contributed by atoms with Gasteiger partial charge < -0.3 is 4.74 Å². The number of hydrogen-bond donors (Lipinski definition) is 0. The van der Waals surface area contributed by atoms with Gasteiger partial charge in [0, 0.05) is 0 Å². The number of halogens is 1. The molecular weight excluding hydrogens is 287 g/mol. The van der Waals surface area contributed by atoms with Gasteiger partial charge in [0.15, 0.2) is 0 Å². The normalized spacial score (nSPS) is 32.1. The highest BCUT2D eigenvalue weighted by atomic mass is 19.1. The van der Waals surface area contributed by atoms with Crippen LogP contribution in [0.3, 0.4) is 0 Å². The maximum absolute atomic E-state index is 12.3. The van der Waals surface area contributed by atoms with Crippen LogP contribution in [0.4, 0.5) is 4.39 Å². The molecule has 0 spiro atoms. The van der Waals surface area contributed by atoms with E-state index in [1.165, 1.54) is 56.9 Å². The van der Waals surface area contributed by atoms with E-state index >= 15 is 0 Å². The third-order valence-corrected chi connectivity index (χ3v) is 6.19. The summed E-state index contributed by atoms with van der Waals surface area (Å²) >= 11 is 0. The van der Waals surface area contributed by atoms with Crippen molar-refractivity contribution in [2.75, 3.05) is 7.11 Å². The molecule has 1 nitrogen and oxygen atoms in total. The molecule has 0 radical (unpaired) electrons. The summed E-state index contributed by atoms with van der Waals surface area (Å²) in [6.45, 7) is 0. The van der Waals surface area contributed by atoms with Gasteiger partial charge in [0.1, 0.15) is 5.75 Å². The van der Waals surface area contributed by atoms with Crippen LogP contribution in [0, 0.1) is 17.8 Å². The van der Waals surface area contributed by atoms with Crippen molar-refractivity contribution in [3.8, 4) is 5.75 Å². The predicted molar refractivity (Wildman–Crippen MR) is 93.4 cm³/mol. The van der Waals surface area contributed by atoms with E-state index < -0.39 is 0 Å². The molecule has 0 bridgehead atoms. The molecule has 0 atom stereocenters. The average Bonchev–Trinajstić information content (AvgIpc) is 2.63. The second-order valence-electron chi connectivity index (χ2n) is 7.38. The van der Waals surface area contributed by atoms with Gasteiger partial charge in [-0.3, -0.25) is 0 Å². The molecule has 0 aliphatic heterocycles. The summed E-state index contributed by atoms with van der Waals surface area (Å²) < 4.78 is 17.5. The second-order valence-corrected chi connectivity index (χ2v) is 7.38. The lowest BCUT2D eigenvalue weighted by molar-refractivity contribution is 0.171. The van der Waals surface area contributed by atoms with Crippen molar-refractivity contribution in [2.45, 2.75) is 57.3 Å². The molecule has 2 heteroatoms. The number of hydrogen-bond acceptors (Lipinski definition) is 1. The Labute approximate surface area is 139 Å². The molecule has 126 valence electrons. The minimum Gasteiger partial charge on any atom is -0.497 e. The Bertz CT molecular complexity index is 491. The quantitative estimate of drug-likeness (QED) is 0.637. The molecule has 2 saturated carbocycles. The van der Waals surface area contributed by atoms with Crippen LogP contribution >= 0.6 is 0 Å². The van der Waals surface area contributed by atoms with E-state index in [-0.39, 0.29) is 0 Å². The lowest BCUT2D eigenvalue weighted by Gasteiger charge is -2.37. The highest BCUT2D eigenvalue weighted by Crippen LogP contribution is 2.44. The fraction of sp³-hybridized carbons (Fsp3) is 0.619. The molecule has 2 fully saturated rings. The van der Waals surface area contributed by atoms with Crippen molar-refractivity contribution in [3.63, 3.8) is 0 Å². The van der Waals surface area contributed by atoms with E-state index in [1.54, 1.807) is 13.2 Å². The molecule has 0 unspecified atom stereocenters. The highest BCUT2D eigenvalue weighted by Gasteiger charge is 2.30. The fourth-order valence-electron chi connectivity index (χ4n) is 4.71. The van der Waals surface area contributed by atoms with Crippen LogP contribution in [0.1, 0.15) is 62.8 Å². The maximum atomic E-state index is 12.3. The Morgan fingerprint density at radius 3 is 1.96 bits per heavy atom. The largest absolute Gasteiger partial charge is 0.497 e. The van der Waals surface area contributed by atoms with Gasteiger partial charge in [0.25, 0.3) is 0 Å². The molecule has 0 amide bonds. The van der Waals surface area contributed by atoms with Crippen LogP contribution in [-0.4, -0.2) is 7.11 Å². The first-order chi connectivity index (χ1) is 11.3. The molecule has 1 aromatic carbocycles. The SMILES string of the molecule is COc1ccc([C@H]2CC[C@H]([C@H]3CC[C@H](C=CF)CC3)CC2)cc1. The molecule has 3 rings (SSSR count). The first-order valence-electron chi connectivity index (χ1n) is 9.21. The zero-order chi connectivity index (χ0) is 16.1. The molecule has 0 saturated heterocycles. The van der Waals surface area contributed by atoms with Crippen molar-refractivity contribution < 1.29 is 9.13 Å². The molecule has 0 N–H and O–H groups in total. The van der Waals surface area contributed by atoms with E-state index in [9.17, 15) is 4.39 Å². The van der Waals surface area contributed by atoms with Gasteiger partial charge in [-0.05, 0) is 92.7 Å². The molecule has 2 aliphatic rings. The standard InChI is InChI=1S/C21H29FO/c1-23-21-12-10-20(11-13-21)19-8-6-18(7-9-19)17-4-2-16(3-5-17)14-15-22/h10-19H,2-9H2,1H3/t16-,17-,18-,19-. The van der Waals surface area contributed by atoms with E-state index in [4.69, 9.17) is 4.74 Å². The van der Waals surface area contributed by atoms with Crippen molar-refractivity contribution in [1.82, 2.24) is 0 Å². The molecule has 1 aromatic rings. The van der Waals surface area contributed by atoms with Gasteiger partial charge in [-0.25, -0.2) is 4.39 Å². The third kappa shape index (κ3) is 4.16. The molecule has 2 aliphatic carbocycles. The van der Waals surface area contributed by atoms with Crippen LogP contribution in [-0.2, 0) is 0 Å². The van der Waals surface area contributed by atoms with E-state index in [2.05, 4.69) is 24.3 Å². The van der Waals surface area contributed by atoms with Gasteiger partial charge in [-0.2, -0.15) is 0 Å². The summed E-state index contributed by atoms with van der Waals surface area (Å²) in [5, 5.41) is 0. The Hall–Kier alpha value is -1.31. The smallest absolute Gasteiger partial charge is 0.118 e. The lowest BCUT2D eigenvalue weighted by Crippen LogP contribution is -2.25. The summed E-state index contributed by atoms with van der Waals surface area (Å²) in [6, 6.07) is 8.64. The first-order valence-corrected chi connectivity index (χ1v) is 9.21. The first kappa shape index (κ1) is 16.5. The number of ether oxygens (including phenoxy) is 1. The van der Waals surface area contributed by atoms with Crippen LogP contribution in [0.25, 0.3) is 0 Å². The third-order valence-electron chi connectivity index (χ3n) is 6.19. The minimum atomic E-state index is 0.492. The van der Waals surface area contributed by atoms with E-state index in [0.29, 0.717) is 5.92 Å². The van der Waals surface area contributed by atoms with Crippen molar-refractivity contribution in [1.29, 1.82) is 0 Å². The Kier molecular flexibility index (Phi) is 5.75.